The summed E-state index contributed by atoms with van der Waals surface area (Å²) in [6.07, 6.45) is 4.65. The normalized spacial score (nSPS) is 25.5. The van der Waals surface area contributed by atoms with Crippen LogP contribution in [0.1, 0.15) is 67.2 Å². The number of rotatable bonds is 5. The van der Waals surface area contributed by atoms with Crippen molar-refractivity contribution >= 4 is 5.91 Å². The van der Waals surface area contributed by atoms with Crippen molar-refractivity contribution in [2.75, 3.05) is 6.54 Å². The molecule has 1 N–H and O–H groups in total. The van der Waals surface area contributed by atoms with E-state index in [0.29, 0.717) is 29.6 Å². The molecule has 0 aromatic rings. The summed E-state index contributed by atoms with van der Waals surface area (Å²) in [6.45, 7) is 14.5. The summed E-state index contributed by atoms with van der Waals surface area (Å²) in [6, 6.07) is 0. The highest BCUT2D eigenvalue weighted by atomic mass is 16.2. The molecule has 0 radical (unpaired) electrons. The molecule has 0 aromatic heterocycles. The number of carbonyl (C=O) groups is 1. The van der Waals surface area contributed by atoms with Gasteiger partial charge in [0.1, 0.15) is 0 Å². The average Bonchev–Trinajstić information content (AvgIpc) is 2.95. The number of nitrogens with one attached hydrogen (secondary N) is 1. The zero-order valence-electron chi connectivity index (χ0n) is 14.8. The van der Waals surface area contributed by atoms with Gasteiger partial charge in [-0.1, -0.05) is 54.4 Å². The Hall–Kier alpha value is -0.570. The van der Waals surface area contributed by atoms with Gasteiger partial charge in [0.2, 0.25) is 5.91 Å². The molecule has 1 atom stereocenters. The summed E-state index contributed by atoms with van der Waals surface area (Å²) in [4.78, 5) is 15.3. The van der Waals surface area contributed by atoms with Crippen LogP contribution in [0.2, 0.25) is 0 Å². The van der Waals surface area contributed by atoms with Gasteiger partial charge in [-0.15, -0.1) is 0 Å². The van der Waals surface area contributed by atoms with Crippen LogP contribution >= 0.6 is 0 Å². The van der Waals surface area contributed by atoms with Gasteiger partial charge in [0.15, 0.2) is 0 Å². The van der Waals surface area contributed by atoms with Gasteiger partial charge in [-0.3, -0.25) is 10.1 Å². The van der Waals surface area contributed by atoms with E-state index in [2.05, 4.69) is 51.8 Å². The van der Waals surface area contributed by atoms with Crippen molar-refractivity contribution < 1.29 is 4.79 Å². The molecule has 0 bridgehead atoms. The van der Waals surface area contributed by atoms with E-state index in [0.717, 1.165) is 19.4 Å². The van der Waals surface area contributed by atoms with E-state index in [9.17, 15) is 4.79 Å². The van der Waals surface area contributed by atoms with Crippen molar-refractivity contribution in [3.63, 3.8) is 0 Å². The average molecular weight is 294 g/mol. The highest BCUT2D eigenvalue weighted by Gasteiger charge is 2.53. The molecule has 21 heavy (non-hydrogen) atoms. The molecule has 2 aliphatic rings. The Kier molecular flexibility index (Phi) is 5.02. The Labute approximate surface area is 130 Å². The van der Waals surface area contributed by atoms with E-state index >= 15 is 0 Å². The molecule has 3 heteroatoms. The molecular weight excluding hydrogens is 260 g/mol. The zero-order valence-corrected chi connectivity index (χ0v) is 14.8. The first-order chi connectivity index (χ1) is 9.78. The van der Waals surface area contributed by atoms with Gasteiger partial charge < -0.3 is 4.90 Å². The maximum atomic E-state index is 13.1. The minimum atomic E-state index is -0.229. The molecule has 1 spiro atoms. The first-order valence-corrected chi connectivity index (χ1v) is 8.87. The first kappa shape index (κ1) is 16.8. The largest absolute Gasteiger partial charge is 0.325 e. The Morgan fingerprint density at radius 1 is 1.10 bits per heavy atom. The lowest BCUT2D eigenvalue weighted by atomic mass is 9.84. The molecule has 0 aromatic carbocycles. The Morgan fingerprint density at radius 2 is 1.62 bits per heavy atom. The maximum absolute atomic E-state index is 13.1. The SMILES string of the molecule is CC(C)C(CN1C(=O)C2(CCCC2)NC1C(C)C)C(C)C. The lowest BCUT2D eigenvalue weighted by Crippen LogP contribution is -2.46. The first-order valence-electron chi connectivity index (χ1n) is 8.87. The Bertz CT molecular complexity index is 361. The fraction of sp³-hybridized carbons (Fsp3) is 0.944. The zero-order chi connectivity index (χ0) is 15.8. The summed E-state index contributed by atoms with van der Waals surface area (Å²) < 4.78 is 0. The highest BCUT2D eigenvalue weighted by Crippen LogP contribution is 2.39. The Balaban J connectivity index is 2.20. The fourth-order valence-corrected chi connectivity index (χ4v) is 4.30. The molecule has 2 fully saturated rings. The summed E-state index contributed by atoms with van der Waals surface area (Å²) in [7, 11) is 0. The van der Waals surface area contributed by atoms with Crippen LogP contribution in [0.5, 0.6) is 0 Å². The second-order valence-electron chi connectivity index (χ2n) is 8.23. The molecule has 1 saturated carbocycles. The number of carbonyl (C=O) groups excluding carboxylic acids is 1. The van der Waals surface area contributed by atoms with E-state index in [4.69, 9.17) is 0 Å². The van der Waals surface area contributed by atoms with Crippen molar-refractivity contribution in [1.29, 1.82) is 0 Å². The lowest BCUT2D eigenvalue weighted by molar-refractivity contribution is -0.134. The van der Waals surface area contributed by atoms with E-state index in [1.165, 1.54) is 12.8 Å². The van der Waals surface area contributed by atoms with Gasteiger partial charge in [-0.2, -0.15) is 0 Å². The molecule has 1 saturated heterocycles. The van der Waals surface area contributed by atoms with Crippen LogP contribution in [0.25, 0.3) is 0 Å². The number of hydrogen-bond acceptors (Lipinski definition) is 2. The van der Waals surface area contributed by atoms with Crippen LogP contribution < -0.4 is 5.32 Å². The fourth-order valence-electron chi connectivity index (χ4n) is 4.30. The summed E-state index contributed by atoms with van der Waals surface area (Å²) in [5, 5.41) is 3.73. The summed E-state index contributed by atoms with van der Waals surface area (Å²) >= 11 is 0. The van der Waals surface area contributed by atoms with Crippen LogP contribution in [0.4, 0.5) is 0 Å². The molecule has 1 aliphatic heterocycles. The molecule has 1 aliphatic carbocycles. The topological polar surface area (TPSA) is 32.3 Å². The van der Waals surface area contributed by atoms with Gasteiger partial charge >= 0.3 is 0 Å². The summed E-state index contributed by atoms with van der Waals surface area (Å²) in [5.74, 6) is 2.66. The van der Waals surface area contributed by atoms with Gasteiger partial charge in [0, 0.05) is 6.54 Å². The highest BCUT2D eigenvalue weighted by molar-refractivity contribution is 5.89. The predicted octanol–water partition coefficient (Wildman–Crippen LogP) is 3.64. The van der Waals surface area contributed by atoms with Crippen molar-refractivity contribution in [1.82, 2.24) is 10.2 Å². The van der Waals surface area contributed by atoms with E-state index in [-0.39, 0.29) is 11.7 Å². The van der Waals surface area contributed by atoms with Crippen LogP contribution in [0.3, 0.4) is 0 Å². The van der Waals surface area contributed by atoms with Crippen molar-refractivity contribution in [2.45, 2.75) is 78.9 Å². The second-order valence-corrected chi connectivity index (χ2v) is 8.23. The third-order valence-electron chi connectivity index (χ3n) is 5.64. The van der Waals surface area contributed by atoms with Crippen LogP contribution in [-0.2, 0) is 4.79 Å². The van der Waals surface area contributed by atoms with Crippen molar-refractivity contribution in [3.05, 3.63) is 0 Å². The molecule has 122 valence electrons. The predicted molar refractivity (Wildman–Crippen MR) is 87.8 cm³/mol. The molecule has 3 nitrogen and oxygen atoms in total. The Morgan fingerprint density at radius 3 is 2.05 bits per heavy atom. The third-order valence-corrected chi connectivity index (χ3v) is 5.64. The van der Waals surface area contributed by atoms with Crippen molar-refractivity contribution in [2.24, 2.45) is 23.7 Å². The molecular formula is C18H34N2O. The minimum Gasteiger partial charge on any atom is -0.325 e. The molecule has 1 unspecified atom stereocenters. The van der Waals surface area contributed by atoms with E-state index in [1.807, 2.05) is 0 Å². The molecule has 1 amide bonds. The van der Waals surface area contributed by atoms with Gasteiger partial charge in [-0.05, 0) is 36.5 Å². The quantitative estimate of drug-likeness (QED) is 0.839. The smallest absolute Gasteiger partial charge is 0.244 e. The number of hydrogen-bond donors (Lipinski definition) is 1. The number of amides is 1. The van der Waals surface area contributed by atoms with Gasteiger partial charge in [0.25, 0.3) is 0 Å². The van der Waals surface area contributed by atoms with E-state index < -0.39 is 0 Å². The monoisotopic (exact) mass is 294 g/mol. The van der Waals surface area contributed by atoms with Gasteiger partial charge in [-0.25, -0.2) is 0 Å². The van der Waals surface area contributed by atoms with Crippen LogP contribution in [0.15, 0.2) is 0 Å². The second kappa shape index (κ2) is 6.28. The minimum absolute atomic E-state index is 0.218. The maximum Gasteiger partial charge on any atom is 0.244 e. The van der Waals surface area contributed by atoms with Crippen LogP contribution in [0, 0.1) is 23.7 Å². The van der Waals surface area contributed by atoms with Crippen molar-refractivity contribution in [3.8, 4) is 0 Å². The standard InChI is InChI=1S/C18H34N2O/c1-12(2)15(13(3)4)11-20-16(14(5)6)19-18(17(20)21)9-7-8-10-18/h12-16,19H,7-11H2,1-6H3. The summed E-state index contributed by atoms with van der Waals surface area (Å²) in [5.41, 5.74) is -0.229. The van der Waals surface area contributed by atoms with Gasteiger partial charge in [0.05, 0.1) is 11.7 Å². The third kappa shape index (κ3) is 3.13. The van der Waals surface area contributed by atoms with E-state index in [1.54, 1.807) is 0 Å². The van der Waals surface area contributed by atoms with Crippen LogP contribution in [-0.4, -0.2) is 29.1 Å². The molecule has 2 rings (SSSR count). The molecule has 1 heterocycles. The lowest BCUT2D eigenvalue weighted by Gasteiger charge is -2.34. The number of nitrogens with zero attached hydrogens (tertiary/aromatic N) is 1.